The summed E-state index contributed by atoms with van der Waals surface area (Å²) in [5, 5.41) is 0.292. The molecule has 1 rings (SSSR count). The molecular formula is C24H50O4Si2. The van der Waals surface area contributed by atoms with Crippen LogP contribution in [0.2, 0.25) is 36.3 Å². The maximum Gasteiger partial charge on any atom is 0.192 e. The van der Waals surface area contributed by atoms with Crippen LogP contribution in [0.4, 0.5) is 0 Å². The summed E-state index contributed by atoms with van der Waals surface area (Å²) in [7, 11) is -3.88. The number of ether oxygens (including phenoxy) is 2. The second kappa shape index (κ2) is 10.3. The minimum Gasteiger partial charge on any atom is -0.411 e. The van der Waals surface area contributed by atoms with E-state index in [0.29, 0.717) is 0 Å². The van der Waals surface area contributed by atoms with Crippen LogP contribution in [-0.4, -0.2) is 47.3 Å². The molecule has 6 heteroatoms. The first-order valence-electron chi connectivity index (χ1n) is 11.7. The summed E-state index contributed by atoms with van der Waals surface area (Å²) in [4.78, 5) is 0. The van der Waals surface area contributed by atoms with E-state index in [1.54, 1.807) is 0 Å². The average Bonchev–Trinajstić information content (AvgIpc) is 2.54. The highest BCUT2D eigenvalue weighted by Gasteiger charge is 2.48. The van der Waals surface area contributed by atoms with Crippen LogP contribution in [-0.2, 0) is 18.3 Å². The van der Waals surface area contributed by atoms with Crippen molar-refractivity contribution in [1.29, 1.82) is 0 Å². The zero-order valence-corrected chi connectivity index (χ0v) is 23.9. The van der Waals surface area contributed by atoms with Crippen molar-refractivity contribution in [3.63, 3.8) is 0 Å². The Morgan fingerprint density at radius 2 is 1.43 bits per heavy atom. The van der Waals surface area contributed by atoms with Crippen molar-refractivity contribution in [1.82, 2.24) is 0 Å². The van der Waals surface area contributed by atoms with Crippen molar-refractivity contribution in [2.24, 2.45) is 0 Å². The molecule has 0 N–H and O–H groups in total. The third-order valence-electron chi connectivity index (χ3n) is 7.29. The van der Waals surface area contributed by atoms with Gasteiger partial charge in [0.15, 0.2) is 22.9 Å². The van der Waals surface area contributed by atoms with Crippen LogP contribution < -0.4 is 0 Å². The van der Waals surface area contributed by atoms with Crippen LogP contribution >= 0.6 is 0 Å². The summed E-state index contributed by atoms with van der Waals surface area (Å²) in [6, 6.07) is 0. The Hall–Kier alpha value is 0.0138. The number of hydrogen-bond donors (Lipinski definition) is 0. The summed E-state index contributed by atoms with van der Waals surface area (Å²) in [6.45, 7) is 30.9. The molecule has 0 radical (unpaired) electrons. The van der Waals surface area contributed by atoms with E-state index in [1.165, 1.54) is 0 Å². The highest BCUT2D eigenvalue weighted by atomic mass is 28.4. The second-order valence-corrected chi connectivity index (χ2v) is 21.6. The molecule has 1 saturated heterocycles. The van der Waals surface area contributed by atoms with Gasteiger partial charge in [0.05, 0.1) is 24.4 Å². The van der Waals surface area contributed by atoms with E-state index in [1.807, 2.05) is 6.08 Å². The fraction of sp³-hybridized carbons (Fsp3) is 0.917. The van der Waals surface area contributed by atoms with Gasteiger partial charge in [0, 0.05) is 6.42 Å². The van der Waals surface area contributed by atoms with Crippen LogP contribution in [0.1, 0.15) is 74.7 Å². The van der Waals surface area contributed by atoms with Gasteiger partial charge in [-0.1, -0.05) is 47.6 Å². The van der Waals surface area contributed by atoms with E-state index in [4.69, 9.17) is 18.3 Å². The first kappa shape index (κ1) is 28.0. The third kappa shape index (κ3) is 7.56. The molecule has 0 aromatic carbocycles. The summed E-state index contributed by atoms with van der Waals surface area (Å²) in [6.07, 6.45) is 4.29. The second-order valence-electron chi connectivity index (χ2n) is 12.1. The Morgan fingerprint density at radius 1 is 0.967 bits per heavy atom. The molecule has 1 heterocycles. The molecule has 178 valence electrons. The molecule has 0 spiro atoms. The fourth-order valence-corrected chi connectivity index (χ4v) is 5.76. The van der Waals surface area contributed by atoms with E-state index >= 15 is 0 Å². The molecule has 0 aliphatic carbocycles. The maximum absolute atomic E-state index is 6.84. The van der Waals surface area contributed by atoms with Crippen molar-refractivity contribution < 1.29 is 18.3 Å². The molecule has 1 aliphatic heterocycles. The van der Waals surface area contributed by atoms with Crippen LogP contribution in [0.5, 0.6) is 0 Å². The standard InChI is InChI=1S/C24H50O4Si2/c1-14-15-16-18(2)25-22-21(28-30(12,13)24(7,8)9)17-20(19(3)26-22)27-29(10,11)23(4,5)6/h14,18-22H,1,15-17H2,2-13H3/t18-,19+,20?,21?,22-/m1/s1. The van der Waals surface area contributed by atoms with E-state index in [0.717, 1.165) is 19.3 Å². The molecule has 4 nitrogen and oxygen atoms in total. The van der Waals surface area contributed by atoms with Gasteiger partial charge in [-0.15, -0.1) is 6.58 Å². The zero-order chi connectivity index (χ0) is 23.5. The van der Waals surface area contributed by atoms with Crippen molar-refractivity contribution in [2.45, 2.75) is 142 Å². The van der Waals surface area contributed by atoms with Crippen molar-refractivity contribution in [3.8, 4) is 0 Å². The smallest absolute Gasteiger partial charge is 0.192 e. The lowest BCUT2D eigenvalue weighted by atomic mass is 10.0. The van der Waals surface area contributed by atoms with E-state index in [2.05, 4.69) is 88.2 Å². The van der Waals surface area contributed by atoms with Crippen LogP contribution in [0.15, 0.2) is 12.7 Å². The Labute approximate surface area is 189 Å². The molecule has 0 aromatic rings. The summed E-state index contributed by atoms with van der Waals surface area (Å²) < 4.78 is 26.4. The minimum atomic E-state index is -1.98. The van der Waals surface area contributed by atoms with Gasteiger partial charge in [-0.05, 0) is 63.0 Å². The number of hydrogen-bond acceptors (Lipinski definition) is 4. The molecule has 2 unspecified atom stereocenters. The topological polar surface area (TPSA) is 36.9 Å². The average molecular weight is 459 g/mol. The highest BCUT2D eigenvalue weighted by Crippen LogP contribution is 2.42. The normalized spacial score (nSPS) is 27.7. The van der Waals surface area contributed by atoms with Gasteiger partial charge in [-0.2, -0.15) is 0 Å². The van der Waals surface area contributed by atoms with Gasteiger partial charge in [0.25, 0.3) is 0 Å². The van der Waals surface area contributed by atoms with Crippen molar-refractivity contribution in [2.75, 3.05) is 0 Å². The summed E-state index contributed by atoms with van der Waals surface area (Å²) in [5.74, 6) is 0. The zero-order valence-electron chi connectivity index (χ0n) is 21.9. The Bertz CT molecular complexity index is 548. The largest absolute Gasteiger partial charge is 0.411 e. The summed E-state index contributed by atoms with van der Waals surface area (Å²) >= 11 is 0. The summed E-state index contributed by atoms with van der Waals surface area (Å²) in [5.41, 5.74) is 0. The molecule has 1 fully saturated rings. The highest BCUT2D eigenvalue weighted by molar-refractivity contribution is 6.74. The molecule has 0 bridgehead atoms. The molecule has 0 amide bonds. The predicted molar refractivity (Wildman–Crippen MR) is 133 cm³/mol. The van der Waals surface area contributed by atoms with Gasteiger partial charge in [0.2, 0.25) is 0 Å². The lowest BCUT2D eigenvalue weighted by Gasteiger charge is -2.48. The van der Waals surface area contributed by atoms with E-state index in [9.17, 15) is 0 Å². The van der Waals surface area contributed by atoms with E-state index in [-0.39, 0.29) is 40.8 Å². The Kier molecular flexibility index (Phi) is 9.63. The predicted octanol–water partition coefficient (Wildman–Crippen LogP) is 7.27. The lowest BCUT2D eigenvalue weighted by molar-refractivity contribution is -0.268. The van der Waals surface area contributed by atoms with E-state index < -0.39 is 16.6 Å². The first-order valence-corrected chi connectivity index (χ1v) is 17.5. The molecule has 0 saturated carbocycles. The van der Waals surface area contributed by atoms with Crippen molar-refractivity contribution >= 4 is 16.6 Å². The molecule has 1 aliphatic rings. The molecule has 30 heavy (non-hydrogen) atoms. The van der Waals surface area contributed by atoms with Gasteiger partial charge in [-0.25, -0.2) is 0 Å². The Balaban J connectivity index is 3.06. The number of allylic oxidation sites excluding steroid dienone is 1. The van der Waals surface area contributed by atoms with Crippen molar-refractivity contribution in [3.05, 3.63) is 12.7 Å². The number of rotatable bonds is 9. The van der Waals surface area contributed by atoms with Gasteiger partial charge < -0.3 is 18.3 Å². The van der Waals surface area contributed by atoms with Crippen LogP contribution in [0.25, 0.3) is 0 Å². The quantitative estimate of drug-likeness (QED) is 0.269. The molecule has 5 atom stereocenters. The SMILES string of the molecule is C=CCC[C@@H](C)O[C@@H]1O[C@@H](C)C(O[Si](C)(C)C(C)(C)C)CC1O[Si](C)(C)C(C)(C)C. The van der Waals surface area contributed by atoms with Gasteiger partial charge in [0.1, 0.15) is 0 Å². The lowest BCUT2D eigenvalue weighted by Crippen LogP contribution is -2.57. The minimum absolute atomic E-state index is 0.0185. The maximum atomic E-state index is 6.84. The van der Waals surface area contributed by atoms with Gasteiger partial charge in [-0.3, -0.25) is 0 Å². The fourth-order valence-electron chi connectivity index (χ4n) is 3.05. The van der Waals surface area contributed by atoms with Crippen LogP contribution in [0, 0.1) is 0 Å². The molecule has 0 aromatic heterocycles. The monoisotopic (exact) mass is 458 g/mol. The van der Waals surface area contributed by atoms with Gasteiger partial charge >= 0.3 is 0 Å². The molecular weight excluding hydrogens is 408 g/mol. The first-order chi connectivity index (χ1) is 13.4. The Morgan fingerprint density at radius 3 is 1.87 bits per heavy atom. The third-order valence-corrected chi connectivity index (χ3v) is 16.3. The van der Waals surface area contributed by atoms with Crippen LogP contribution in [0.3, 0.4) is 0 Å².